The van der Waals surface area contributed by atoms with Crippen LogP contribution in [0.5, 0.6) is 0 Å². The summed E-state index contributed by atoms with van der Waals surface area (Å²) in [5.41, 5.74) is 5.32. The third-order valence-electron chi connectivity index (χ3n) is 3.01. The minimum atomic E-state index is -3.53. The molecule has 0 aromatic carbocycles. The Morgan fingerprint density at radius 2 is 2.17 bits per heavy atom. The molecule has 0 radical (unpaired) electrons. The summed E-state index contributed by atoms with van der Waals surface area (Å²) in [5.74, 6) is 0.422. The number of nitrogens with one attached hydrogen (secondary N) is 1. The minimum absolute atomic E-state index is 0.0445. The monoisotopic (exact) mass is 271 g/mol. The van der Waals surface area contributed by atoms with Crippen LogP contribution in [0, 0.1) is 5.92 Å². The summed E-state index contributed by atoms with van der Waals surface area (Å²) in [6, 6.07) is 0. The second-order valence-corrected chi connectivity index (χ2v) is 6.31. The highest BCUT2D eigenvalue weighted by atomic mass is 32.2. The normalized spacial score (nSPS) is 21.3. The molecule has 1 aromatic heterocycles. The largest absolute Gasteiger partial charge is 0.368 e. The number of hydrogen-bond acceptors (Lipinski definition) is 6. The number of nitrogen functional groups attached to an aromatic ring is 1. The van der Waals surface area contributed by atoms with Gasteiger partial charge in [-0.15, -0.1) is 0 Å². The zero-order valence-corrected chi connectivity index (χ0v) is 11.0. The van der Waals surface area contributed by atoms with Crippen molar-refractivity contribution in [3.8, 4) is 0 Å². The molecule has 7 nitrogen and oxygen atoms in total. The molecule has 18 heavy (non-hydrogen) atoms. The molecule has 1 unspecified atom stereocenters. The fraction of sp³-hybridized carbons (Fsp3) is 0.600. The van der Waals surface area contributed by atoms with Crippen LogP contribution in [-0.4, -0.2) is 50.0 Å². The summed E-state index contributed by atoms with van der Waals surface area (Å²) in [4.78, 5) is 9.58. The molecule has 3 N–H and O–H groups in total. The summed E-state index contributed by atoms with van der Waals surface area (Å²) < 4.78 is 26.5. The number of nitrogens with two attached hydrogens (primary N) is 1. The maximum Gasteiger partial charge on any atom is 0.243 e. The molecule has 2 rings (SSSR count). The van der Waals surface area contributed by atoms with Crippen molar-refractivity contribution in [2.45, 2.75) is 11.3 Å². The molecule has 1 atom stereocenters. The fourth-order valence-corrected chi connectivity index (χ4v) is 2.97. The Balaban J connectivity index is 1.97. The van der Waals surface area contributed by atoms with Crippen LogP contribution in [0.4, 0.5) is 5.95 Å². The van der Waals surface area contributed by atoms with E-state index in [0.29, 0.717) is 12.5 Å². The first kappa shape index (κ1) is 13.2. The van der Waals surface area contributed by atoms with Crippen molar-refractivity contribution in [2.24, 2.45) is 5.92 Å². The van der Waals surface area contributed by atoms with Gasteiger partial charge in [0.25, 0.3) is 0 Å². The van der Waals surface area contributed by atoms with Gasteiger partial charge in [-0.3, -0.25) is 0 Å². The Morgan fingerprint density at radius 3 is 2.72 bits per heavy atom. The molecule has 1 aliphatic rings. The van der Waals surface area contributed by atoms with Gasteiger partial charge in [0.1, 0.15) is 4.90 Å². The number of aromatic nitrogens is 2. The zero-order valence-electron chi connectivity index (χ0n) is 10.2. The number of nitrogens with zero attached hydrogens (tertiary/aromatic N) is 3. The lowest BCUT2D eigenvalue weighted by atomic mass is 10.1. The summed E-state index contributed by atoms with van der Waals surface area (Å²) >= 11 is 0. The predicted molar refractivity (Wildman–Crippen MR) is 67.2 cm³/mol. The molecule has 0 saturated carbocycles. The van der Waals surface area contributed by atoms with Gasteiger partial charge < -0.3 is 10.6 Å². The van der Waals surface area contributed by atoms with E-state index in [1.807, 2.05) is 7.05 Å². The predicted octanol–water partition coefficient (Wildman–Crippen LogP) is -0.711. The van der Waals surface area contributed by atoms with Gasteiger partial charge in [0, 0.05) is 13.1 Å². The van der Waals surface area contributed by atoms with Crippen molar-refractivity contribution in [1.82, 2.24) is 19.6 Å². The van der Waals surface area contributed by atoms with Crippen LogP contribution in [0.2, 0.25) is 0 Å². The molecule has 0 amide bonds. The molecule has 100 valence electrons. The molecular weight excluding hydrogens is 254 g/mol. The second kappa shape index (κ2) is 5.17. The Labute approximate surface area is 106 Å². The number of sulfonamides is 1. The number of anilines is 1. The van der Waals surface area contributed by atoms with Crippen molar-refractivity contribution >= 4 is 16.0 Å². The Hall–Kier alpha value is -1.25. The van der Waals surface area contributed by atoms with Gasteiger partial charge in [0.05, 0.1) is 12.4 Å². The standard InChI is InChI=1S/C10H17N5O2S/c1-15-3-2-8(7-15)4-14-18(16,17)9-5-12-10(11)13-6-9/h5-6,8,14H,2-4,7H2,1H3,(H2,11,12,13). The maximum absolute atomic E-state index is 11.9. The molecule has 1 saturated heterocycles. The van der Waals surface area contributed by atoms with Gasteiger partial charge in [-0.2, -0.15) is 0 Å². The van der Waals surface area contributed by atoms with Crippen LogP contribution in [0.1, 0.15) is 6.42 Å². The fourth-order valence-electron chi connectivity index (χ4n) is 1.97. The molecule has 0 spiro atoms. The molecule has 8 heteroatoms. The highest BCUT2D eigenvalue weighted by Crippen LogP contribution is 2.14. The van der Waals surface area contributed by atoms with Crippen LogP contribution in [0.25, 0.3) is 0 Å². The van der Waals surface area contributed by atoms with Crippen molar-refractivity contribution < 1.29 is 8.42 Å². The van der Waals surface area contributed by atoms with Gasteiger partial charge in [0.15, 0.2) is 0 Å². The topological polar surface area (TPSA) is 101 Å². The highest BCUT2D eigenvalue weighted by molar-refractivity contribution is 7.89. The average Bonchev–Trinajstić information content (AvgIpc) is 2.73. The average molecular weight is 271 g/mol. The van der Waals surface area contributed by atoms with Gasteiger partial charge in [-0.25, -0.2) is 23.1 Å². The Kier molecular flexibility index (Phi) is 3.79. The first-order valence-corrected chi connectivity index (χ1v) is 7.21. The van der Waals surface area contributed by atoms with Crippen LogP contribution in [-0.2, 0) is 10.0 Å². The SMILES string of the molecule is CN1CCC(CNS(=O)(=O)c2cnc(N)nc2)C1. The summed E-state index contributed by atoms with van der Waals surface area (Å²) in [5, 5.41) is 0. The van der Waals surface area contributed by atoms with E-state index in [0.717, 1.165) is 19.5 Å². The van der Waals surface area contributed by atoms with Gasteiger partial charge in [-0.1, -0.05) is 0 Å². The van der Waals surface area contributed by atoms with Crippen molar-refractivity contribution in [2.75, 3.05) is 32.4 Å². The van der Waals surface area contributed by atoms with Gasteiger partial charge >= 0.3 is 0 Å². The minimum Gasteiger partial charge on any atom is -0.368 e. The number of hydrogen-bond donors (Lipinski definition) is 2. The van der Waals surface area contributed by atoms with Crippen molar-refractivity contribution in [1.29, 1.82) is 0 Å². The van der Waals surface area contributed by atoms with E-state index < -0.39 is 10.0 Å². The Bertz CT molecular complexity index is 502. The lowest BCUT2D eigenvalue weighted by Crippen LogP contribution is -2.30. The van der Waals surface area contributed by atoms with Crippen molar-refractivity contribution in [3.05, 3.63) is 12.4 Å². The van der Waals surface area contributed by atoms with Gasteiger partial charge in [-0.05, 0) is 25.9 Å². The van der Waals surface area contributed by atoms with E-state index in [1.54, 1.807) is 0 Å². The third kappa shape index (κ3) is 3.15. The quantitative estimate of drug-likeness (QED) is 0.750. The lowest BCUT2D eigenvalue weighted by Gasteiger charge is -2.11. The van der Waals surface area contributed by atoms with Crippen LogP contribution < -0.4 is 10.5 Å². The van der Waals surface area contributed by atoms with E-state index in [9.17, 15) is 8.42 Å². The lowest BCUT2D eigenvalue weighted by molar-refractivity contribution is 0.394. The summed E-state index contributed by atoms with van der Waals surface area (Å²) in [6.07, 6.45) is 3.44. The molecular formula is C10H17N5O2S. The summed E-state index contributed by atoms with van der Waals surface area (Å²) in [7, 11) is -1.50. The molecule has 2 heterocycles. The zero-order chi connectivity index (χ0) is 13.2. The first-order valence-electron chi connectivity index (χ1n) is 5.73. The van der Waals surface area contributed by atoms with E-state index >= 15 is 0 Å². The van der Waals surface area contributed by atoms with Crippen LogP contribution >= 0.6 is 0 Å². The summed E-state index contributed by atoms with van der Waals surface area (Å²) in [6.45, 7) is 2.37. The second-order valence-electron chi connectivity index (χ2n) is 4.55. The van der Waals surface area contributed by atoms with Crippen molar-refractivity contribution in [3.63, 3.8) is 0 Å². The molecule has 0 aliphatic carbocycles. The van der Waals surface area contributed by atoms with E-state index in [4.69, 9.17) is 5.73 Å². The maximum atomic E-state index is 11.9. The van der Waals surface area contributed by atoms with E-state index in [-0.39, 0.29) is 10.8 Å². The van der Waals surface area contributed by atoms with Gasteiger partial charge in [0.2, 0.25) is 16.0 Å². The smallest absolute Gasteiger partial charge is 0.243 e. The number of rotatable bonds is 4. The van der Waals surface area contributed by atoms with E-state index in [1.165, 1.54) is 12.4 Å². The molecule has 1 fully saturated rings. The molecule has 1 aromatic rings. The molecule has 0 bridgehead atoms. The Morgan fingerprint density at radius 1 is 1.50 bits per heavy atom. The van der Waals surface area contributed by atoms with E-state index in [2.05, 4.69) is 19.6 Å². The third-order valence-corrected chi connectivity index (χ3v) is 4.39. The highest BCUT2D eigenvalue weighted by Gasteiger charge is 2.22. The molecule has 1 aliphatic heterocycles. The number of likely N-dealkylation sites (tertiary alicyclic amines) is 1. The van der Waals surface area contributed by atoms with Crippen LogP contribution in [0.3, 0.4) is 0 Å². The first-order chi connectivity index (χ1) is 8.47. The van der Waals surface area contributed by atoms with Crippen LogP contribution in [0.15, 0.2) is 17.3 Å².